The Bertz CT molecular complexity index is 937. The van der Waals surface area contributed by atoms with Crippen molar-refractivity contribution in [3.8, 4) is 11.1 Å². The summed E-state index contributed by atoms with van der Waals surface area (Å²) in [6, 6.07) is 14.3. The van der Waals surface area contributed by atoms with Crippen molar-refractivity contribution in [3.63, 3.8) is 0 Å². The Hall–Kier alpha value is -2.53. The van der Waals surface area contributed by atoms with Gasteiger partial charge in [0.05, 0.1) is 6.04 Å². The van der Waals surface area contributed by atoms with Gasteiger partial charge in [0.2, 0.25) is 5.91 Å². The SMILES string of the molecule is CCN1CCC[C@@H]1C(=O)N1CCC(C(=O)Cc2cccc(-c3ccccc3F)c2)CC1. The zero-order valence-electron chi connectivity index (χ0n) is 18.2. The summed E-state index contributed by atoms with van der Waals surface area (Å²) in [7, 11) is 0. The number of piperidine rings is 1. The van der Waals surface area contributed by atoms with E-state index in [4.69, 9.17) is 0 Å². The number of ketones is 1. The standard InChI is InChI=1S/C26H31FN2O2/c1-2-28-14-6-11-24(28)26(31)29-15-12-20(13-16-29)25(30)18-19-7-5-8-21(17-19)22-9-3-4-10-23(22)27/h3-5,7-10,17,20,24H,2,6,11-16,18H2,1H3/t24-/m1/s1. The van der Waals surface area contributed by atoms with Gasteiger partial charge in [0, 0.05) is 31.0 Å². The summed E-state index contributed by atoms with van der Waals surface area (Å²) in [6.07, 6.45) is 3.86. The number of likely N-dealkylation sites (tertiary alicyclic amines) is 2. The van der Waals surface area contributed by atoms with Crippen LogP contribution in [0, 0.1) is 11.7 Å². The van der Waals surface area contributed by atoms with E-state index in [0.29, 0.717) is 25.1 Å². The number of benzene rings is 2. The van der Waals surface area contributed by atoms with Crippen LogP contribution >= 0.6 is 0 Å². The summed E-state index contributed by atoms with van der Waals surface area (Å²) in [6.45, 7) is 5.36. The van der Waals surface area contributed by atoms with Crippen LogP contribution in [0.25, 0.3) is 11.1 Å². The van der Waals surface area contributed by atoms with Crippen LogP contribution in [0.4, 0.5) is 4.39 Å². The molecule has 0 unspecified atom stereocenters. The first-order valence-corrected chi connectivity index (χ1v) is 11.5. The van der Waals surface area contributed by atoms with Crippen molar-refractivity contribution < 1.29 is 14.0 Å². The molecule has 0 saturated carbocycles. The Morgan fingerprint density at radius 1 is 1.00 bits per heavy atom. The second kappa shape index (κ2) is 9.73. The Kier molecular flexibility index (Phi) is 6.81. The highest BCUT2D eigenvalue weighted by molar-refractivity contribution is 5.85. The van der Waals surface area contributed by atoms with E-state index in [-0.39, 0.29) is 29.5 Å². The zero-order chi connectivity index (χ0) is 21.8. The van der Waals surface area contributed by atoms with Crippen molar-refractivity contribution in [2.75, 3.05) is 26.2 Å². The van der Waals surface area contributed by atoms with Gasteiger partial charge in [-0.25, -0.2) is 4.39 Å². The number of hydrogen-bond donors (Lipinski definition) is 0. The molecular weight excluding hydrogens is 391 g/mol. The Morgan fingerprint density at radius 2 is 1.77 bits per heavy atom. The van der Waals surface area contributed by atoms with Crippen molar-refractivity contribution in [1.82, 2.24) is 9.80 Å². The predicted octanol–water partition coefficient (Wildman–Crippen LogP) is 4.33. The van der Waals surface area contributed by atoms with Crippen molar-refractivity contribution in [2.45, 2.75) is 45.1 Å². The van der Waals surface area contributed by atoms with E-state index in [1.54, 1.807) is 12.1 Å². The molecule has 0 aliphatic carbocycles. The van der Waals surface area contributed by atoms with E-state index in [1.165, 1.54) is 6.07 Å². The van der Waals surface area contributed by atoms with Gasteiger partial charge in [-0.1, -0.05) is 49.4 Å². The number of halogens is 1. The van der Waals surface area contributed by atoms with Crippen molar-refractivity contribution in [3.05, 3.63) is 59.9 Å². The highest BCUT2D eigenvalue weighted by atomic mass is 19.1. The van der Waals surface area contributed by atoms with Gasteiger partial charge in [-0.2, -0.15) is 0 Å². The van der Waals surface area contributed by atoms with Crippen molar-refractivity contribution in [1.29, 1.82) is 0 Å². The molecule has 2 aliphatic heterocycles. The van der Waals surface area contributed by atoms with Crippen LogP contribution in [-0.2, 0) is 16.0 Å². The minimum absolute atomic E-state index is 0.00739. The summed E-state index contributed by atoms with van der Waals surface area (Å²) >= 11 is 0. The fraction of sp³-hybridized carbons (Fsp3) is 0.462. The molecule has 4 rings (SSSR count). The maximum atomic E-state index is 14.1. The Labute approximate surface area is 184 Å². The van der Waals surface area contributed by atoms with Crippen LogP contribution in [0.15, 0.2) is 48.5 Å². The number of Topliss-reactive ketones (excluding diaryl/α,β-unsaturated/α-hetero) is 1. The molecule has 0 radical (unpaired) electrons. The van der Waals surface area contributed by atoms with Crippen LogP contribution in [-0.4, -0.2) is 53.7 Å². The molecule has 4 nitrogen and oxygen atoms in total. The van der Waals surface area contributed by atoms with Crippen LogP contribution < -0.4 is 0 Å². The van der Waals surface area contributed by atoms with Crippen molar-refractivity contribution in [2.24, 2.45) is 5.92 Å². The number of carbonyl (C=O) groups excluding carboxylic acids is 2. The molecule has 0 spiro atoms. The molecule has 2 saturated heterocycles. The number of nitrogens with zero attached hydrogens (tertiary/aromatic N) is 2. The summed E-state index contributed by atoms with van der Waals surface area (Å²) < 4.78 is 14.1. The first-order chi connectivity index (χ1) is 15.1. The Morgan fingerprint density at radius 3 is 2.52 bits per heavy atom. The van der Waals surface area contributed by atoms with E-state index < -0.39 is 0 Å². The largest absolute Gasteiger partial charge is 0.341 e. The van der Waals surface area contributed by atoms with E-state index >= 15 is 0 Å². The van der Waals surface area contributed by atoms with Crippen LogP contribution in [0.5, 0.6) is 0 Å². The quantitative estimate of drug-likeness (QED) is 0.696. The molecule has 0 bridgehead atoms. The highest BCUT2D eigenvalue weighted by Crippen LogP contribution is 2.26. The lowest BCUT2D eigenvalue weighted by Gasteiger charge is -2.35. The average Bonchev–Trinajstić information content (AvgIpc) is 3.28. The van der Waals surface area contributed by atoms with Gasteiger partial charge in [-0.15, -0.1) is 0 Å². The van der Waals surface area contributed by atoms with E-state index in [0.717, 1.165) is 49.9 Å². The molecular formula is C26H31FN2O2. The molecule has 2 aliphatic rings. The van der Waals surface area contributed by atoms with Gasteiger partial charge in [-0.05, 0) is 56.0 Å². The molecule has 0 aromatic heterocycles. The molecule has 5 heteroatoms. The number of rotatable bonds is 6. The molecule has 2 heterocycles. The third-order valence-corrected chi connectivity index (χ3v) is 6.81. The molecule has 1 atom stereocenters. The molecule has 164 valence electrons. The van der Waals surface area contributed by atoms with E-state index in [1.807, 2.05) is 35.2 Å². The smallest absolute Gasteiger partial charge is 0.239 e. The van der Waals surface area contributed by atoms with Crippen LogP contribution in [0.1, 0.15) is 38.2 Å². The van der Waals surface area contributed by atoms with Gasteiger partial charge >= 0.3 is 0 Å². The lowest BCUT2D eigenvalue weighted by Crippen LogP contribution is -2.49. The molecule has 2 aromatic rings. The fourth-order valence-electron chi connectivity index (χ4n) is 5.01. The van der Waals surface area contributed by atoms with Gasteiger partial charge < -0.3 is 4.90 Å². The highest BCUT2D eigenvalue weighted by Gasteiger charge is 2.35. The lowest BCUT2D eigenvalue weighted by atomic mass is 9.88. The molecule has 2 fully saturated rings. The van der Waals surface area contributed by atoms with E-state index in [9.17, 15) is 14.0 Å². The maximum Gasteiger partial charge on any atom is 0.239 e. The van der Waals surface area contributed by atoms with E-state index in [2.05, 4.69) is 11.8 Å². The van der Waals surface area contributed by atoms with Crippen LogP contribution in [0.2, 0.25) is 0 Å². The lowest BCUT2D eigenvalue weighted by molar-refractivity contribution is -0.139. The van der Waals surface area contributed by atoms with Gasteiger partial charge in [0.15, 0.2) is 0 Å². The summed E-state index contributed by atoms with van der Waals surface area (Å²) in [5, 5.41) is 0. The van der Waals surface area contributed by atoms with Gasteiger partial charge in [0.1, 0.15) is 11.6 Å². The minimum atomic E-state index is -0.257. The second-order valence-corrected chi connectivity index (χ2v) is 8.71. The number of likely N-dealkylation sites (N-methyl/N-ethyl adjacent to an activating group) is 1. The zero-order valence-corrected chi connectivity index (χ0v) is 18.2. The topological polar surface area (TPSA) is 40.6 Å². The average molecular weight is 423 g/mol. The molecule has 1 amide bonds. The van der Waals surface area contributed by atoms with Gasteiger partial charge in [0.25, 0.3) is 0 Å². The Balaban J connectivity index is 1.34. The normalized spacial score (nSPS) is 20.2. The van der Waals surface area contributed by atoms with Crippen LogP contribution in [0.3, 0.4) is 0 Å². The number of amides is 1. The fourth-order valence-corrected chi connectivity index (χ4v) is 5.01. The summed E-state index contributed by atoms with van der Waals surface area (Å²) in [4.78, 5) is 30.1. The maximum absolute atomic E-state index is 14.1. The van der Waals surface area contributed by atoms with Gasteiger partial charge in [-0.3, -0.25) is 14.5 Å². The summed E-state index contributed by atoms with van der Waals surface area (Å²) in [5.74, 6) is 0.190. The molecule has 2 aromatic carbocycles. The third kappa shape index (κ3) is 4.87. The first kappa shape index (κ1) is 21.7. The molecule has 0 N–H and O–H groups in total. The first-order valence-electron chi connectivity index (χ1n) is 11.5. The molecule has 31 heavy (non-hydrogen) atoms. The third-order valence-electron chi connectivity index (χ3n) is 6.81. The van der Waals surface area contributed by atoms with Crippen molar-refractivity contribution >= 4 is 11.7 Å². The predicted molar refractivity (Wildman–Crippen MR) is 120 cm³/mol. The number of hydrogen-bond acceptors (Lipinski definition) is 3. The number of carbonyl (C=O) groups is 2. The minimum Gasteiger partial charge on any atom is -0.341 e. The summed E-state index contributed by atoms with van der Waals surface area (Å²) in [5.41, 5.74) is 2.26. The second-order valence-electron chi connectivity index (χ2n) is 8.71. The monoisotopic (exact) mass is 422 g/mol.